The Morgan fingerprint density at radius 1 is 0.857 bits per heavy atom. The van der Waals surface area contributed by atoms with E-state index in [0.29, 0.717) is 24.7 Å². The van der Waals surface area contributed by atoms with E-state index in [2.05, 4.69) is 47.6 Å². The number of fused-ring (bicyclic) bond motifs is 7. The van der Waals surface area contributed by atoms with Gasteiger partial charge in [-0.15, -0.1) is 0 Å². The average Bonchev–Trinajstić information content (AvgIpc) is 2.76. The van der Waals surface area contributed by atoms with E-state index in [1.807, 2.05) is 0 Å². The minimum absolute atomic E-state index is 0.00144. The molecule has 4 fully saturated rings. The molecular formula is C30H48O5. The summed E-state index contributed by atoms with van der Waals surface area (Å²) < 4.78 is 0. The summed E-state index contributed by atoms with van der Waals surface area (Å²) in [6.45, 7) is 15.5. The number of rotatable bonds is 1. The molecule has 5 aliphatic rings. The van der Waals surface area contributed by atoms with Gasteiger partial charge in [-0.1, -0.05) is 53.2 Å². The van der Waals surface area contributed by atoms with Crippen molar-refractivity contribution in [2.75, 3.05) is 0 Å². The Bertz CT molecular complexity index is 956. The monoisotopic (exact) mass is 488 g/mol. The van der Waals surface area contributed by atoms with E-state index in [4.69, 9.17) is 0 Å². The number of hydrogen-bond donors (Lipinski definition) is 4. The van der Waals surface area contributed by atoms with E-state index < -0.39 is 29.7 Å². The summed E-state index contributed by atoms with van der Waals surface area (Å²) >= 11 is 0. The van der Waals surface area contributed by atoms with Crippen molar-refractivity contribution in [3.8, 4) is 0 Å². The molecule has 4 N–H and O–H groups in total. The second-order valence-corrected chi connectivity index (χ2v) is 15.1. The highest BCUT2D eigenvalue weighted by molar-refractivity contribution is 5.75. The number of carbonyl (C=O) groups is 1. The highest BCUT2D eigenvalue weighted by Gasteiger charge is 2.70. The van der Waals surface area contributed by atoms with Crippen molar-refractivity contribution in [3.63, 3.8) is 0 Å². The molecule has 5 rings (SSSR count). The lowest BCUT2D eigenvalue weighted by molar-refractivity contribution is -0.234. The lowest BCUT2D eigenvalue weighted by Crippen LogP contribution is -2.67. The Labute approximate surface area is 211 Å². The van der Waals surface area contributed by atoms with Crippen molar-refractivity contribution in [2.24, 2.45) is 50.2 Å². The second kappa shape index (κ2) is 7.35. The third kappa shape index (κ3) is 2.95. The molecular weight excluding hydrogens is 440 g/mol. The van der Waals surface area contributed by atoms with Crippen LogP contribution in [0, 0.1) is 50.2 Å². The van der Waals surface area contributed by atoms with Crippen LogP contribution >= 0.6 is 0 Å². The van der Waals surface area contributed by atoms with Crippen LogP contribution in [0.4, 0.5) is 0 Å². The quantitative estimate of drug-likeness (QED) is 0.382. The van der Waals surface area contributed by atoms with Crippen molar-refractivity contribution in [1.29, 1.82) is 0 Å². The second-order valence-electron chi connectivity index (χ2n) is 15.1. The molecule has 0 spiro atoms. The molecule has 5 aliphatic carbocycles. The van der Waals surface area contributed by atoms with Gasteiger partial charge in [0.05, 0.1) is 23.7 Å². The minimum atomic E-state index is -1.11. The largest absolute Gasteiger partial charge is 0.481 e. The molecule has 5 heteroatoms. The van der Waals surface area contributed by atoms with Gasteiger partial charge in [0, 0.05) is 5.92 Å². The van der Waals surface area contributed by atoms with Crippen LogP contribution in [0.2, 0.25) is 0 Å². The number of carboxylic acids is 1. The summed E-state index contributed by atoms with van der Waals surface area (Å²) in [5.41, 5.74) is -0.415. The van der Waals surface area contributed by atoms with Crippen molar-refractivity contribution in [2.45, 2.75) is 118 Å². The van der Waals surface area contributed by atoms with Gasteiger partial charge >= 0.3 is 5.97 Å². The molecule has 4 saturated carbocycles. The van der Waals surface area contributed by atoms with Crippen molar-refractivity contribution < 1.29 is 25.2 Å². The number of carboxylic acid groups (broad SMARTS) is 1. The Hall–Kier alpha value is -0.910. The number of allylic oxidation sites excluding steroid dienone is 1. The van der Waals surface area contributed by atoms with Crippen LogP contribution in [0.5, 0.6) is 0 Å². The average molecular weight is 489 g/mol. The standard InChI is InChI=1S/C30H48O5/c1-25(2)19-10-11-30(7)20(28(19,5)16-18(31)22(25)32)9-8-17-21-23(33)27(4,24(34)35)14-12-26(21,3)13-15-29(17,30)6/h8,18-23,31-33H,9-16H2,1-7H3,(H,34,35)/t18-,19+,20-,21-,22+,23+,26-,27-,28+,29-,30-/m1/s1. The minimum Gasteiger partial charge on any atom is -0.481 e. The zero-order chi connectivity index (χ0) is 26.0. The summed E-state index contributed by atoms with van der Waals surface area (Å²) in [6.07, 6.45) is 7.14. The molecule has 0 aromatic heterocycles. The van der Waals surface area contributed by atoms with E-state index in [0.717, 1.165) is 38.5 Å². The Morgan fingerprint density at radius 2 is 1.49 bits per heavy atom. The fourth-order valence-corrected chi connectivity index (χ4v) is 10.8. The van der Waals surface area contributed by atoms with Crippen LogP contribution in [-0.2, 0) is 4.79 Å². The van der Waals surface area contributed by atoms with Crippen LogP contribution < -0.4 is 0 Å². The smallest absolute Gasteiger partial charge is 0.312 e. The number of hydrogen-bond acceptors (Lipinski definition) is 4. The molecule has 0 amide bonds. The predicted molar refractivity (Wildman–Crippen MR) is 135 cm³/mol. The SMILES string of the molecule is CC1(C)[C@@H](O)[C@H](O)C[C@]2(C)[C@H]3CC=C4[C@@H]5[C@H](O)[C@](C)(C(=O)O)CC[C@]5(C)CC[C@@]4(C)[C@]3(C)CC[C@@H]12. The molecule has 0 aromatic carbocycles. The van der Waals surface area contributed by atoms with E-state index in [9.17, 15) is 25.2 Å². The van der Waals surface area contributed by atoms with Gasteiger partial charge in [-0.3, -0.25) is 4.79 Å². The van der Waals surface area contributed by atoms with Gasteiger partial charge in [0.2, 0.25) is 0 Å². The summed E-state index contributed by atoms with van der Waals surface area (Å²) in [5, 5.41) is 43.6. The van der Waals surface area contributed by atoms with Crippen molar-refractivity contribution >= 4 is 5.97 Å². The molecule has 35 heavy (non-hydrogen) atoms. The van der Waals surface area contributed by atoms with E-state index >= 15 is 0 Å². The van der Waals surface area contributed by atoms with Gasteiger partial charge in [0.25, 0.3) is 0 Å². The predicted octanol–water partition coefficient (Wildman–Crippen LogP) is 5.18. The van der Waals surface area contributed by atoms with Gasteiger partial charge in [0.15, 0.2) is 0 Å². The van der Waals surface area contributed by atoms with E-state index in [1.165, 1.54) is 5.57 Å². The molecule has 198 valence electrons. The normalized spacial score (nSPS) is 57.1. The molecule has 0 aromatic rings. The first-order valence-electron chi connectivity index (χ1n) is 14.0. The van der Waals surface area contributed by atoms with Crippen molar-refractivity contribution in [1.82, 2.24) is 0 Å². The summed E-state index contributed by atoms with van der Waals surface area (Å²) in [4.78, 5) is 12.3. The molecule has 0 unspecified atom stereocenters. The molecule has 0 bridgehead atoms. The third-order valence-electron chi connectivity index (χ3n) is 13.4. The topological polar surface area (TPSA) is 98.0 Å². The number of aliphatic carboxylic acids is 1. The van der Waals surface area contributed by atoms with Crippen LogP contribution in [-0.4, -0.2) is 44.7 Å². The lowest BCUT2D eigenvalue weighted by atomic mass is 9.33. The fourth-order valence-electron chi connectivity index (χ4n) is 10.8. The maximum Gasteiger partial charge on any atom is 0.312 e. The molecule has 0 saturated heterocycles. The van der Waals surface area contributed by atoms with Crippen LogP contribution in [0.25, 0.3) is 0 Å². The molecule has 0 radical (unpaired) electrons. The number of aliphatic hydroxyl groups is 3. The molecule has 5 nitrogen and oxygen atoms in total. The summed E-state index contributed by atoms with van der Waals surface area (Å²) in [5.74, 6) is -0.297. The summed E-state index contributed by atoms with van der Waals surface area (Å²) in [7, 11) is 0. The highest BCUT2D eigenvalue weighted by atomic mass is 16.4. The van der Waals surface area contributed by atoms with Crippen molar-refractivity contribution in [3.05, 3.63) is 11.6 Å². The zero-order valence-corrected chi connectivity index (χ0v) is 22.9. The Balaban J connectivity index is 1.61. The maximum absolute atomic E-state index is 12.3. The first-order chi connectivity index (χ1) is 16.0. The third-order valence-corrected chi connectivity index (χ3v) is 13.4. The van der Waals surface area contributed by atoms with Gasteiger partial charge in [0.1, 0.15) is 0 Å². The molecule has 11 atom stereocenters. The Kier molecular flexibility index (Phi) is 5.40. The first-order valence-corrected chi connectivity index (χ1v) is 14.0. The van der Waals surface area contributed by atoms with Crippen LogP contribution in [0.15, 0.2) is 11.6 Å². The van der Waals surface area contributed by atoms with E-state index in [1.54, 1.807) is 6.92 Å². The van der Waals surface area contributed by atoms with E-state index in [-0.39, 0.29) is 33.0 Å². The van der Waals surface area contributed by atoms with Gasteiger partial charge < -0.3 is 20.4 Å². The molecule has 0 heterocycles. The first kappa shape index (κ1) is 25.7. The fraction of sp³-hybridized carbons (Fsp3) is 0.900. The van der Waals surface area contributed by atoms with Crippen LogP contribution in [0.1, 0.15) is 99.8 Å². The zero-order valence-electron chi connectivity index (χ0n) is 22.9. The van der Waals surface area contributed by atoms with Gasteiger partial charge in [-0.2, -0.15) is 0 Å². The van der Waals surface area contributed by atoms with Gasteiger partial charge in [-0.05, 0) is 97.2 Å². The maximum atomic E-state index is 12.3. The highest BCUT2D eigenvalue weighted by Crippen LogP contribution is 2.75. The molecule has 0 aliphatic heterocycles. The number of aliphatic hydroxyl groups excluding tert-OH is 3. The Morgan fingerprint density at radius 3 is 2.11 bits per heavy atom. The van der Waals surface area contributed by atoms with Gasteiger partial charge in [-0.25, -0.2) is 0 Å². The lowest BCUT2D eigenvalue weighted by Gasteiger charge is -2.72. The van der Waals surface area contributed by atoms with Crippen LogP contribution in [0.3, 0.4) is 0 Å². The summed E-state index contributed by atoms with van der Waals surface area (Å²) in [6, 6.07) is 0.